The zero-order chi connectivity index (χ0) is 18.3. The van der Waals surface area contributed by atoms with Crippen molar-refractivity contribution in [1.82, 2.24) is 9.80 Å². The van der Waals surface area contributed by atoms with Crippen molar-refractivity contribution in [3.8, 4) is 18.2 Å². The van der Waals surface area contributed by atoms with Crippen LogP contribution < -0.4 is 0 Å². The van der Waals surface area contributed by atoms with Gasteiger partial charge in [-0.2, -0.15) is 15.8 Å². The number of carbonyl (C=O) groups excluding carboxylic acids is 1. The Morgan fingerprint density at radius 3 is 2.52 bits per heavy atom. The van der Waals surface area contributed by atoms with Crippen LogP contribution >= 0.6 is 0 Å². The average Bonchev–Trinajstić information content (AvgIpc) is 3.09. The molecule has 5 aliphatic rings. The first-order chi connectivity index (χ1) is 11.8. The highest BCUT2D eigenvalue weighted by molar-refractivity contribution is 5.90. The predicted molar refractivity (Wildman–Crippen MR) is 88.3 cm³/mol. The Hall–Kier alpha value is -2.10. The van der Waals surface area contributed by atoms with Gasteiger partial charge in [-0.25, -0.2) is 0 Å². The van der Waals surface area contributed by atoms with Gasteiger partial charge >= 0.3 is 0 Å². The quantitative estimate of drug-likeness (QED) is 0.725. The van der Waals surface area contributed by atoms with Gasteiger partial charge in [0, 0.05) is 13.6 Å². The molecule has 4 saturated heterocycles. The summed E-state index contributed by atoms with van der Waals surface area (Å²) in [6.07, 6.45) is 3.06. The van der Waals surface area contributed by atoms with Crippen LogP contribution in [0.2, 0.25) is 0 Å². The lowest BCUT2D eigenvalue weighted by molar-refractivity contribution is -0.184. The van der Waals surface area contributed by atoms with Gasteiger partial charge in [0.25, 0.3) is 0 Å². The van der Waals surface area contributed by atoms with Crippen LogP contribution in [0.15, 0.2) is 0 Å². The Morgan fingerprint density at radius 2 is 1.92 bits per heavy atom. The summed E-state index contributed by atoms with van der Waals surface area (Å²) in [5, 5.41) is 29.3. The molecule has 4 heterocycles. The van der Waals surface area contributed by atoms with Gasteiger partial charge in [0.05, 0.1) is 29.2 Å². The molecule has 6 nitrogen and oxygen atoms in total. The number of hydrogen-bond donors (Lipinski definition) is 0. The molecule has 5 fully saturated rings. The minimum absolute atomic E-state index is 0.126. The molecule has 25 heavy (non-hydrogen) atoms. The normalized spacial score (nSPS) is 44.1. The fourth-order valence-corrected chi connectivity index (χ4v) is 6.77. The molecular formula is C19H23N5O. The lowest BCUT2D eigenvalue weighted by atomic mass is 9.56. The second-order valence-electron chi connectivity index (χ2n) is 8.95. The molecule has 0 N–H and O–H groups in total. The van der Waals surface area contributed by atoms with E-state index >= 15 is 0 Å². The van der Waals surface area contributed by atoms with Crippen molar-refractivity contribution in [3.05, 3.63) is 0 Å². The van der Waals surface area contributed by atoms with Crippen LogP contribution in [0.5, 0.6) is 0 Å². The van der Waals surface area contributed by atoms with E-state index in [2.05, 4.69) is 23.1 Å². The number of piperazine rings is 1. The number of fused-ring (bicyclic) bond motifs is 1. The maximum Gasteiger partial charge on any atom is 0.243 e. The van der Waals surface area contributed by atoms with Crippen LogP contribution in [0.4, 0.5) is 0 Å². The maximum absolute atomic E-state index is 13.2. The molecule has 2 spiro atoms. The molecule has 2 bridgehead atoms. The Morgan fingerprint density at radius 1 is 1.24 bits per heavy atom. The number of amides is 1. The smallest absolute Gasteiger partial charge is 0.243 e. The largest absolute Gasteiger partial charge is 0.337 e. The van der Waals surface area contributed by atoms with Gasteiger partial charge in [-0.15, -0.1) is 0 Å². The number of likely N-dealkylation sites (N-methyl/N-ethyl adjacent to an activating group) is 1. The molecule has 130 valence electrons. The molecule has 1 saturated carbocycles. The molecule has 2 unspecified atom stereocenters. The lowest BCUT2D eigenvalue weighted by Gasteiger charge is -2.64. The monoisotopic (exact) mass is 337 g/mol. The van der Waals surface area contributed by atoms with Gasteiger partial charge in [-0.1, -0.05) is 13.8 Å². The highest BCUT2D eigenvalue weighted by Gasteiger charge is 2.78. The van der Waals surface area contributed by atoms with E-state index in [4.69, 9.17) is 0 Å². The lowest BCUT2D eigenvalue weighted by Crippen LogP contribution is -2.78. The summed E-state index contributed by atoms with van der Waals surface area (Å²) in [7, 11) is 1.86. The molecule has 0 aromatic rings. The number of rotatable bonds is 1. The SMILES string of the molecule is CN1C(=O)[C@@]23CCCN2C[C@@]12CC(C#N)(C(C#N)C#N)C(C)(C)C2C3. The van der Waals surface area contributed by atoms with Gasteiger partial charge in [0.1, 0.15) is 5.54 Å². The second kappa shape index (κ2) is 4.54. The summed E-state index contributed by atoms with van der Waals surface area (Å²) in [6.45, 7) is 5.75. The third-order valence-electron chi connectivity index (χ3n) is 8.21. The van der Waals surface area contributed by atoms with Crippen LogP contribution in [0.25, 0.3) is 0 Å². The first-order valence-corrected chi connectivity index (χ1v) is 8.99. The minimum Gasteiger partial charge on any atom is -0.337 e. The highest BCUT2D eigenvalue weighted by Crippen LogP contribution is 2.70. The van der Waals surface area contributed by atoms with E-state index in [1.165, 1.54) is 0 Å². The zero-order valence-corrected chi connectivity index (χ0v) is 15.0. The van der Waals surface area contributed by atoms with Crippen molar-refractivity contribution in [1.29, 1.82) is 15.8 Å². The van der Waals surface area contributed by atoms with Crippen molar-refractivity contribution in [3.63, 3.8) is 0 Å². The van der Waals surface area contributed by atoms with Gasteiger partial charge in [0.2, 0.25) is 5.91 Å². The summed E-state index contributed by atoms with van der Waals surface area (Å²) in [4.78, 5) is 17.4. The van der Waals surface area contributed by atoms with E-state index in [1.54, 1.807) is 0 Å². The maximum atomic E-state index is 13.2. The van der Waals surface area contributed by atoms with Crippen LogP contribution in [0.3, 0.4) is 0 Å². The van der Waals surface area contributed by atoms with Crippen LogP contribution in [0.1, 0.15) is 39.5 Å². The molecule has 4 atom stereocenters. The molecule has 1 aliphatic carbocycles. The van der Waals surface area contributed by atoms with Crippen molar-refractivity contribution in [2.45, 2.75) is 50.6 Å². The minimum atomic E-state index is -1.05. The van der Waals surface area contributed by atoms with Gasteiger partial charge in [-0.05, 0) is 43.6 Å². The number of hydrogen-bond acceptors (Lipinski definition) is 5. The van der Waals surface area contributed by atoms with Crippen molar-refractivity contribution in [2.75, 3.05) is 20.1 Å². The van der Waals surface area contributed by atoms with E-state index in [-0.39, 0.29) is 11.8 Å². The van der Waals surface area contributed by atoms with Gasteiger partial charge < -0.3 is 4.90 Å². The third kappa shape index (κ3) is 1.47. The molecule has 0 radical (unpaired) electrons. The summed E-state index contributed by atoms with van der Waals surface area (Å²) >= 11 is 0. The number of nitrogens with zero attached hydrogens (tertiary/aromatic N) is 5. The van der Waals surface area contributed by atoms with Crippen molar-refractivity contribution in [2.24, 2.45) is 22.7 Å². The average molecular weight is 337 g/mol. The predicted octanol–water partition coefficient (Wildman–Crippen LogP) is 1.65. The number of piperidine rings is 2. The highest BCUT2D eigenvalue weighted by atomic mass is 16.2. The summed E-state index contributed by atoms with van der Waals surface area (Å²) in [6, 6.07) is 6.56. The Bertz CT molecular complexity index is 771. The van der Waals surface area contributed by atoms with Gasteiger partial charge in [-0.3, -0.25) is 9.69 Å². The van der Waals surface area contributed by atoms with E-state index in [0.717, 1.165) is 32.4 Å². The third-order valence-corrected chi connectivity index (χ3v) is 8.21. The Balaban J connectivity index is 1.92. The molecule has 0 aromatic carbocycles. The second-order valence-corrected chi connectivity index (χ2v) is 8.95. The summed E-state index contributed by atoms with van der Waals surface area (Å²) in [5.74, 6) is -0.689. The van der Waals surface area contributed by atoms with Crippen molar-refractivity contribution >= 4 is 5.91 Å². The topological polar surface area (TPSA) is 94.9 Å². The van der Waals surface area contributed by atoms with E-state index in [9.17, 15) is 20.6 Å². The van der Waals surface area contributed by atoms with Crippen LogP contribution in [0, 0.1) is 56.7 Å². The van der Waals surface area contributed by atoms with E-state index in [0.29, 0.717) is 6.42 Å². The first-order valence-electron chi connectivity index (χ1n) is 8.99. The van der Waals surface area contributed by atoms with Gasteiger partial charge in [0.15, 0.2) is 5.92 Å². The molecular weight excluding hydrogens is 314 g/mol. The van der Waals surface area contributed by atoms with Crippen LogP contribution in [-0.4, -0.2) is 46.9 Å². The molecule has 4 aliphatic heterocycles. The fraction of sp³-hybridized carbons (Fsp3) is 0.789. The number of carbonyl (C=O) groups is 1. The fourth-order valence-electron chi connectivity index (χ4n) is 6.77. The molecule has 6 heteroatoms. The number of nitriles is 3. The van der Waals surface area contributed by atoms with E-state index in [1.807, 2.05) is 25.8 Å². The van der Waals surface area contributed by atoms with Crippen molar-refractivity contribution < 1.29 is 4.79 Å². The first kappa shape index (κ1) is 16.4. The Kier molecular flexibility index (Phi) is 2.97. The molecule has 1 amide bonds. The summed E-state index contributed by atoms with van der Waals surface area (Å²) in [5.41, 5.74) is -2.44. The molecule has 0 aromatic heterocycles. The zero-order valence-electron chi connectivity index (χ0n) is 15.0. The van der Waals surface area contributed by atoms with E-state index < -0.39 is 27.8 Å². The molecule has 5 rings (SSSR count). The summed E-state index contributed by atoms with van der Waals surface area (Å²) < 4.78 is 0. The Labute approximate surface area is 148 Å². The van der Waals surface area contributed by atoms with Crippen LogP contribution in [-0.2, 0) is 4.79 Å². The standard InChI is InChI=1S/C19H23N5O/c1-16(2)14-7-18-5-4-6-24(18)12-19(14,23(3)15(18)25)10-17(16,11-22)13(8-20)9-21/h13-14H,4-7,10,12H2,1-3H3/t14?,17?,18-,19+/m0/s1.